The lowest BCUT2D eigenvalue weighted by atomic mass is 10.2. The Morgan fingerprint density at radius 1 is 1.05 bits per heavy atom. The molecule has 1 heterocycles. The smallest absolute Gasteiger partial charge is 0.166 e. The van der Waals surface area contributed by atoms with Gasteiger partial charge in [-0.05, 0) is 17.7 Å². The summed E-state index contributed by atoms with van der Waals surface area (Å²) >= 11 is 17.5. The maximum absolute atomic E-state index is 5.95. The molecule has 1 aromatic heterocycles. The average molecular weight is 327 g/mol. The summed E-state index contributed by atoms with van der Waals surface area (Å²) in [5.74, 6) is 0.352. The second-order valence-electron chi connectivity index (χ2n) is 3.75. The van der Waals surface area contributed by atoms with E-state index in [4.69, 9.17) is 34.8 Å². The molecule has 0 amide bonds. The molecular weight excluding hydrogens is 317 g/mol. The molecule has 0 bridgehead atoms. The van der Waals surface area contributed by atoms with Crippen molar-refractivity contribution in [2.75, 3.05) is 5.43 Å². The first-order valence-electron chi connectivity index (χ1n) is 5.69. The number of anilines is 1. The Labute approximate surface area is 131 Å². The zero-order chi connectivity index (χ0) is 14.4. The molecule has 0 atom stereocenters. The SMILES string of the molecule is Clc1cc(Cl)c(NN=CC=Cc2ccccc2)nc1Cl. The van der Waals surface area contributed by atoms with Crippen molar-refractivity contribution in [3.8, 4) is 0 Å². The van der Waals surface area contributed by atoms with Crippen molar-refractivity contribution < 1.29 is 0 Å². The van der Waals surface area contributed by atoms with E-state index in [1.54, 1.807) is 12.3 Å². The molecule has 0 aliphatic heterocycles. The van der Waals surface area contributed by atoms with Crippen LogP contribution in [0, 0.1) is 0 Å². The Balaban J connectivity index is 1.97. The fourth-order valence-electron chi connectivity index (χ4n) is 1.38. The summed E-state index contributed by atoms with van der Waals surface area (Å²) in [6.07, 6.45) is 5.32. The summed E-state index contributed by atoms with van der Waals surface area (Å²) in [7, 11) is 0. The van der Waals surface area contributed by atoms with E-state index in [2.05, 4.69) is 15.5 Å². The number of hydrazone groups is 1. The summed E-state index contributed by atoms with van der Waals surface area (Å²) in [5.41, 5.74) is 3.79. The lowest BCUT2D eigenvalue weighted by molar-refractivity contribution is 1.23. The van der Waals surface area contributed by atoms with Crippen molar-refractivity contribution in [2.24, 2.45) is 5.10 Å². The van der Waals surface area contributed by atoms with E-state index >= 15 is 0 Å². The van der Waals surface area contributed by atoms with Gasteiger partial charge < -0.3 is 0 Å². The third kappa shape index (κ3) is 4.23. The van der Waals surface area contributed by atoms with Gasteiger partial charge in [0.1, 0.15) is 5.15 Å². The van der Waals surface area contributed by atoms with E-state index in [0.29, 0.717) is 15.9 Å². The van der Waals surface area contributed by atoms with Crippen LogP contribution in [0.1, 0.15) is 5.56 Å². The van der Waals surface area contributed by atoms with Crippen LogP contribution in [0.25, 0.3) is 6.08 Å². The van der Waals surface area contributed by atoms with Gasteiger partial charge in [-0.3, -0.25) is 5.43 Å². The fourth-order valence-corrected chi connectivity index (χ4v) is 1.92. The van der Waals surface area contributed by atoms with Crippen molar-refractivity contribution in [3.05, 3.63) is 63.2 Å². The van der Waals surface area contributed by atoms with Gasteiger partial charge in [0.25, 0.3) is 0 Å². The molecule has 0 aliphatic carbocycles. The number of benzene rings is 1. The van der Waals surface area contributed by atoms with Crippen molar-refractivity contribution >= 4 is 52.9 Å². The van der Waals surface area contributed by atoms with Crippen molar-refractivity contribution in [1.29, 1.82) is 0 Å². The molecule has 2 rings (SSSR count). The topological polar surface area (TPSA) is 37.3 Å². The summed E-state index contributed by atoms with van der Waals surface area (Å²) < 4.78 is 0. The number of hydrogen-bond donors (Lipinski definition) is 1. The normalized spacial score (nSPS) is 11.3. The van der Waals surface area contributed by atoms with Gasteiger partial charge in [0.05, 0.1) is 10.0 Å². The highest BCUT2D eigenvalue weighted by molar-refractivity contribution is 6.42. The largest absolute Gasteiger partial charge is 0.260 e. The van der Waals surface area contributed by atoms with E-state index < -0.39 is 0 Å². The zero-order valence-corrected chi connectivity index (χ0v) is 12.5. The number of halogens is 3. The Morgan fingerprint density at radius 2 is 1.80 bits per heavy atom. The molecule has 20 heavy (non-hydrogen) atoms. The molecule has 6 heteroatoms. The standard InChI is InChI=1S/C14H10Cl3N3/c15-11-9-12(16)14(19-13(11)17)20-18-8-4-7-10-5-2-1-3-6-10/h1-9H,(H,19,20). The maximum atomic E-state index is 5.95. The number of nitrogens with one attached hydrogen (secondary N) is 1. The van der Waals surface area contributed by atoms with Gasteiger partial charge >= 0.3 is 0 Å². The molecule has 102 valence electrons. The van der Waals surface area contributed by atoms with Crippen LogP contribution in [0.5, 0.6) is 0 Å². The van der Waals surface area contributed by atoms with Crippen molar-refractivity contribution in [2.45, 2.75) is 0 Å². The molecule has 0 saturated heterocycles. The monoisotopic (exact) mass is 325 g/mol. The Morgan fingerprint density at radius 3 is 2.55 bits per heavy atom. The molecule has 0 radical (unpaired) electrons. The minimum Gasteiger partial charge on any atom is -0.260 e. The molecule has 1 N–H and O–H groups in total. The van der Waals surface area contributed by atoms with Crippen LogP contribution in [0.3, 0.4) is 0 Å². The van der Waals surface area contributed by atoms with E-state index in [-0.39, 0.29) is 5.15 Å². The maximum Gasteiger partial charge on any atom is 0.166 e. The van der Waals surface area contributed by atoms with E-state index in [1.165, 1.54) is 6.07 Å². The molecule has 1 aromatic carbocycles. The minimum atomic E-state index is 0.175. The zero-order valence-electron chi connectivity index (χ0n) is 10.2. The van der Waals surface area contributed by atoms with Crippen LogP contribution in [0.2, 0.25) is 15.2 Å². The van der Waals surface area contributed by atoms with Crippen LogP contribution < -0.4 is 5.43 Å². The van der Waals surface area contributed by atoms with E-state index in [9.17, 15) is 0 Å². The number of pyridine rings is 1. The molecule has 3 nitrogen and oxygen atoms in total. The average Bonchev–Trinajstić information content (AvgIpc) is 2.45. The van der Waals surface area contributed by atoms with Crippen LogP contribution in [-0.2, 0) is 0 Å². The lowest BCUT2D eigenvalue weighted by Gasteiger charge is -2.03. The first kappa shape index (κ1) is 14.9. The van der Waals surface area contributed by atoms with Gasteiger partial charge in [-0.1, -0.05) is 71.2 Å². The second kappa shape index (κ2) is 7.29. The Bertz CT molecular complexity index is 640. The highest BCUT2D eigenvalue weighted by atomic mass is 35.5. The molecule has 0 saturated carbocycles. The highest BCUT2D eigenvalue weighted by Gasteiger charge is 2.06. The summed E-state index contributed by atoms with van der Waals surface area (Å²) in [4.78, 5) is 3.98. The quantitative estimate of drug-likeness (QED) is 0.479. The number of hydrogen-bond acceptors (Lipinski definition) is 3. The third-order valence-corrected chi connectivity index (χ3v) is 3.27. The van der Waals surface area contributed by atoms with Gasteiger partial charge in [-0.25, -0.2) is 4.98 Å². The Hall–Kier alpha value is -1.55. The molecule has 0 spiro atoms. The molecule has 0 aliphatic rings. The summed E-state index contributed by atoms with van der Waals surface area (Å²) in [6.45, 7) is 0. The molecule has 0 fully saturated rings. The van der Waals surface area contributed by atoms with Gasteiger partial charge in [0.2, 0.25) is 0 Å². The highest BCUT2D eigenvalue weighted by Crippen LogP contribution is 2.28. The number of aromatic nitrogens is 1. The minimum absolute atomic E-state index is 0.175. The van der Waals surface area contributed by atoms with Crippen LogP contribution in [0.4, 0.5) is 5.82 Å². The third-order valence-electron chi connectivity index (χ3n) is 2.31. The molecular formula is C14H10Cl3N3. The number of rotatable bonds is 4. The summed E-state index contributed by atoms with van der Waals surface area (Å²) in [5, 5.41) is 4.80. The van der Waals surface area contributed by atoms with Gasteiger partial charge in [0.15, 0.2) is 5.82 Å². The predicted octanol–water partition coefficient (Wildman–Crippen LogP) is 5.15. The number of allylic oxidation sites excluding steroid dienone is 1. The lowest BCUT2D eigenvalue weighted by Crippen LogP contribution is -1.94. The number of nitrogens with zero attached hydrogens (tertiary/aromatic N) is 2. The van der Waals surface area contributed by atoms with Crippen molar-refractivity contribution in [3.63, 3.8) is 0 Å². The fraction of sp³-hybridized carbons (Fsp3) is 0. The van der Waals surface area contributed by atoms with Crippen LogP contribution in [0.15, 0.2) is 47.6 Å². The van der Waals surface area contributed by atoms with Gasteiger partial charge in [-0.2, -0.15) is 5.10 Å². The van der Waals surface area contributed by atoms with Gasteiger partial charge in [-0.15, -0.1) is 0 Å². The van der Waals surface area contributed by atoms with Crippen LogP contribution in [-0.4, -0.2) is 11.2 Å². The second-order valence-corrected chi connectivity index (χ2v) is 4.92. The van der Waals surface area contributed by atoms with Gasteiger partial charge in [0, 0.05) is 6.21 Å². The van der Waals surface area contributed by atoms with Crippen LogP contribution >= 0.6 is 34.8 Å². The molecule has 0 unspecified atom stereocenters. The Kier molecular flexibility index (Phi) is 5.41. The predicted molar refractivity (Wildman–Crippen MR) is 86.9 cm³/mol. The van der Waals surface area contributed by atoms with E-state index in [0.717, 1.165) is 5.56 Å². The van der Waals surface area contributed by atoms with Crippen molar-refractivity contribution in [1.82, 2.24) is 4.98 Å². The molecule has 2 aromatic rings. The first-order valence-corrected chi connectivity index (χ1v) is 6.82. The van der Waals surface area contributed by atoms with E-state index in [1.807, 2.05) is 36.4 Å². The first-order chi connectivity index (χ1) is 9.66. The summed E-state index contributed by atoms with van der Waals surface area (Å²) in [6, 6.07) is 11.4.